The highest BCUT2D eigenvalue weighted by Crippen LogP contribution is 2.60. The van der Waals surface area contributed by atoms with E-state index < -0.39 is 19.8 Å². The number of hydrogen-bond donors (Lipinski definition) is 1. The zero-order chi connectivity index (χ0) is 43.3. The van der Waals surface area contributed by atoms with Crippen molar-refractivity contribution in [3.05, 3.63) is 154 Å². The van der Waals surface area contributed by atoms with Gasteiger partial charge in [0.1, 0.15) is 5.75 Å². The summed E-state index contributed by atoms with van der Waals surface area (Å²) in [6, 6.07) is 38.9. The molecule has 1 spiro atoms. The Morgan fingerprint density at radius 2 is 1.63 bits per heavy atom. The van der Waals surface area contributed by atoms with Crippen LogP contribution in [0.4, 0.5) is 11.4 Å². The second kappa shape index (κ2) is 16.6. The minimum absolute atomic E-state index is 0.0519. The molecule has 5 aromatic rings. The molecule has 4 heterocycles. The number of benzene rings is 5. The maximum absolute atomic E-state index is 15.5. The Balaban J connectivity index is 1.05. The maximum Gasteiger partial charge on any atom is 0.264 e. The number of methoxy groups -OCH3 is 1. The first kappa shape index (κ1) is 41.7. The molecule has 62 heavy (non-hydrogen) atoms. The van der Waals surface area contributed by atoms with Crippen molar-refractivity contribution in [2.75, 3.05) is 23.6 Å². The number of hydrogen-bond acceptors (Lipinski definition) is 7. The summed E-state index contributed by atoms with van der Waals surface area (Å²) >= 11 is 6.77. The number of ether oxygens (including phenoxy) is 2. The molecule has 5 aromatic carbocycles. The van der Waals surface area contributed by atoms with E-state index in [1.165, 1.54) is 5.01 Å². The summed E-state index contributed by atoms with van der Waals surface area (Å²) in [5.41, 5.74) is 5.37. The Morgan fingerprint density at radius 3 is 2.34 bits per heavy atom. The predicted octanol–water partition coefficient (Wildman–Crippen LogP) is 7.98. The number of aliphatic hydroxyl groups is 1. The van der Waals surface area contributed by atoms with Gasteiger partial charge in [0.05, 0.1) is 64.0 Å². The molecule has 1 fully saturated rings. The van der Waals surface area contributed by atoms with Crippen molar-refractivity contribution >= 4 is 59.7 Å². The SMILES string of the molecule is COc1ccc([Si](C)(C)[C@@H]2[C@@H](CC(=O)N3Cc4ccccc4C[C@H]3CO)O[C@]3(C(=O)N(Cc4ccc(N5N=C(c6ccccc6)CCC5=O)cc4)c4ccc(Cl)cc43)[C@H]2C)cc1. The lowest BCUT2D eigenvalue weighted by Crippen LogP contribution is -2.52. The van der Waals surface area contributed by atoms with Gasteiger partial charge in [0, 0.05) is 35.9 Å². The number of carbonyl (C=O) groups excluding carboxylic acids is 3. The molecule has 1 saturated heterocycles. The zero-order valence-electron chi connectivity index (χ0n) is 35.5. The third-order valence-corrected chi connectivity index (χ3v) is 18.3. The molecule has 3 amide bonds. The monoisotopic (exact) mass is 866 g/mol. The Bertz CT molecular complexity index is 2550. The predicted molar refractivity (Wildman–Crippen MR) is 245 cm³/mol. The van der Waals surface area contributed by atoms with Crippen molar-refractivity contribution < 1.29 is 29.0 Å². The van der Waals surface area contributed by atoms with E-state index in [9.17, 15) is 14.7 Å². The number of hydrazone groups is 1. The molecule has 0 saturated carbocycles. The Labute approximate surface area is 368 Å². The molecular formula is C50H51ClN4O6Si. The van der Waals surface area contributed by atoms with Crippen molar-refractivity contribution in [2.24, 2.45) is 11.0 Å². The normalized spacial score (nSPS) is 23.4. The van der Waals surface area contributed by atoms with Gasteiger partial charge in [0.2, 0.25) is 11.8 Å². The van der Waals surface area contributed by atoms with E-state index in [1.54, 1.807) is 23.0 Å². The van der Waals surface area contributed by atoms with E-state index in [0.29, 0.717) is 47.8 Å². The van der Waals surface area contributed by atoms with E-state index in [0.717, 1.165) is 38.9 Å². The lowest BCUT2D eigenvalue weighted by atomic mass is 9.82. The van der Waals surface area contributed by atoms with E-state index >= 15 is 4.79 Å². The lowest BCUT2D eigenvalue weighted by molar-refractivity contribution is -0.151. The fraction of sp³-hybridized carbons (Fsp3) is 0.320. The molecule has 0 bridgehead atoms. The molecule has 0 radical (unpaired) electrons. The molecule has 318 valence electrons. The van der Waals surface area contributed by atoms with E-state index in [1.807, 2.05) is 97.1 Å². The van der Waals surface area contributed by atoms with Crippen molar-refractivity contribution in [3.63, 3.8) is 0 Å². The van der Waals surface area contributed by atoms with Gasteiger partial charge in [-0.1, -0.05) is 116 Å². The van der Waals surface area contributed by atoms with Crippen LogP contribution in [-0.2, 0) is 44.2 Å². The fourth-order valence-corrected chi connectivity index (χ4v) is 14.7. The molecule has 10 nitrogen and oxygen atoms in total. The van der Waals surface area contributed by atoms with Crippen LogP contribution < -0.4 is 19.8 Å². The summed E-state index contributed by atoms with van der Waals surface area (Å²) in [5.74, 6) is 0.0163. The topological polar surface area (TPSA) is 112 Å². The lowest BCUT2D eigenvalue weighted by Gasteiger charge is -2.39. The van der Waals surface area contributed by atoms with Crippen molar-refractivity contribution in [3.8, 4) is 5.75 Å². The van der Waals surface area contributed by atoms with Crippen LogP contribution in [0.15, 0.2) is 126 Å². The van der Waals surface area contributed by atoms with Crippen molar-refractivity contribution in [2.45, 2.75) is 82.1 Å². The number of aliphatic hydroxyl groups excluding tert-OH is 1. The third kappa shape index (κ3) is 7.24. The van der Waals surface area contributed by atoms with Crippen LogP contribution in [-0.4, -0.2) is 67.4 Å². The summed E-state index contributed by atoms with van der Waals surface area (Å²) in [4.78, 5) is 46.8. The molecule has 0 unspecified atom stereocenters. The van der Waals surface area contributed by atoms with Gasteiger partial charge in [-0.3, -0.25) is 14.4 Å². The molecule has 12 heteroatoms. The molecular weight excluding hydrogens is 816 g/mol. The van der Waals surface area contributed by atoms with E-state index in [2.05, 4.69) is 38.2 Å². The molecule has 0 aliphatic carbocycles. The quantitative estimate of drug-likeness (QED) is 0.143. The van der Waals surface area contributed by atoms with Crippen LogP contribution >= 0.6 is 11.6 Å². The maximum atomic E-state index is 15.5. The summed E-state index contributed by atoms with van der Waals surface area (Å²) in [6.07, 6.45) is 0.937. The number of rotatable bonds is 10. The second-order valence-electron chi connectivity index (χ2n) is 17.5. The van der Waals surface area contributed by atoms with Gasteiger partial charge in [-0.15, -0.1) is 0 Å². The van der Waals surface area contributed by atoms with Gasteiger partial charge in [0.15, 0.2) is 5.60 Å². The zero-order valence-corrected chi connectivity index (χ0v) is 37.2. The third-order valence-electron chi connectivity index (χ3n) is 13.7. The highest BCUT2D eigenvalue weighted by molar-refractivity contribution is 6.91. The average molecular weight is 868 g/mol. The largest absolute Gasteiger partial charge is 0.497 e. The smallest absolute Gasteiger partial charge is 0.264 e. The van der Waals surface area contributed by atoms with Crippen LogP contribution in [0.2, 0.25) is 23.7 Å². The number of halogens is 1. The van der Waals surface area contributed by atoms with Crippen LogP contribution in [0.3, 0.4) is 0 Å². The summed E-state index contributed by atoms with van der Waals surface area (Å²) < 4.78 is 12.8. The first-order chi connectivity index (χ1) is 29.9. The number of fused-ring (bicyclic) bond motifs is 3. The summed E-state index contributed by atoms with van der Waals surface area (Å²) in [5, 5.41) is 18.4. The molecule has 1 N–H and O–H groups in total. The van der Waals surface area contributed by atoms with Gasteiger partial charge >= 0.3 is 0 Å². The Kier molecular flexibility index (Phi) is 11.2. The molecule has 4 aliphatic rings. The highest BCUT2D eigenvalue weighted by Gasteiger charge is 2.66. The first-order valence-electron chi connectivity index (χ1n) is 21.4. The van der Waals surface area contributed by atoms with Crippen LogP contribution in [0.25, 0.3) is 0 Å². The summed E-state index contributed by atoms with van der Waals surface area (Å²) in [6.45, 7) is 7.17. The average Bonchev–Trinajstić information content (AvgIpc) is 3.71. The Morgan fingerprint density at radius 1 is 0.919 bits per heavy atom. The minimum atomic E-state index is -2.56. The molecule has 0 aromatic heterocycles. The summed E-state index contributed by atoms with van der Waals surface area (Å²) in [7, 11) is -0.917. The highest BCUT2D eigenvalue weighted by atomic mass is 35.5. The van der Waals surface area contributed by atoms with E-state index in [-0.39, 0.29) is 54.8 Å². The number of amides is 3. The van der Waals surface area contributed by atoms with Crippen LogP contribution in [0.5, 0.6) is 5.75 Å². The second-order valence-corrected chi connectivity index (χ2v) is 22.7. The minimum Gasteiger partial charge on any atom is -0.497 e. The van der Waals surface area contributed by atoms with Gasteiger partial charge < -0.3 is 24.4 Å². The van der Waals surface area contributed by atoms with Gasteiger partial charge in [-0.2, -0.15) is 5.10 Å². The fourth-order valence-electron chi connectivity index (χ4n) is 10.5. The molecule has 5 atom stereocenters. The van der Waals surface area contributed by atoms with Crippen LogP contribution in [0.1, 0.15) is 54.0 Å². The van der Waals surface area contributed by atoms with Crippen molar-refractivity contribution in [1.82, 2.24) is 4.90 Å². The van der Waals surface area contributed by atoms with Gasteiger partial charge in [-0.05, 0) is 76.7 Å². The molecule has 4 aliphatic heterocycles. The Hall–Kier alpha value is -5.59. The number of nitrogens with zero attached hydrogens (tertiary/aromatic N) is 4. The standard InChI is InChI=1S/C50H51ClN4O6Si/c1-32-48(62(3,4)41-21-19-40(60-2)20-22-41)45(28-47(58)53-30-36-13-9-8-12-35(36)26-39(53)31-56)61-50(32)42-27-37(51)16-24-44(42)54(49(50)59)29-33-14-17-38(18-15-33)55-46(57)25-23-43(52-55)34-10-6-5-7-11-34/h5-22,24,27,32,39,45,48,56H,23,25-26,28-31H2,1-4H3/t32-,39-,45+,48-,50+/m0/s1. The van der Waals surface area contributed by atoms with E-state index in [4.69, 9.17) is 26.2 Å². The van der Waals surface area contributed by atoms with Crippen molar-refractivity contribution in [1.29, 1.82) is 0 Å². The number of anilines is 2. The van der Waals surface area contributed by atoms with Gasteiger partial charge in [-0.25, -0.2) is 5.01 Å². The van der Waals surface area contributed by atoms with Crippen LogP contribution in [0, 0.1) is 5.92 Å². The number of carbonyl (C=O) groups is 3. The first-order valence-corrected chi connectivity index (χ1v) is 24.8. The molecule has 9 rings (SSSR count). The van der Waals surface area contributed by atoms with Gasteiger partial charge in [0.25, 0.3) is 5.91 Å².